The van der Waals surface area contributed by atoms with E-state index in [0.717, 1.165) is 35.0 Å². The number of hydrogen-bond donors (Lipinski definition) is 1. The van der Waals surface area contributed by atoms with Gasteiger partial charge in [0, 0.05) is 10.6 Å². The monoisotopic (exact) mass is 385 g/mol. The number of fused-ring (bicyclic) bond motifs is 1. The van der Waals surface area contributed by atoms with Crippen molar-refractivity contribution in [2.75, 3.05) is 0 Å². The lowest BCUT2D eigenvalue weighted by molar-refractivity contribution is 0.402. The lowest BCUT2D eigenvalue weighted by Crippen LogP contribution is -2.20. The van der Waals surface area contributed by atoms with Gasteiger partial charge >= 0.3 is 0 Å². The maximum atomic E-state index is 11.2. The summed E-state index contributed by atoms with van der Waals surface area (Å²) in [6.07, 6.45) is 4.57. The summed E-state index contributed by atoms with van der Waals surface area (Å²) in [7, 11) is 0. The fourth-order valence-corrected chi connectivity index (χ4v) is 3.97. The second-order valence-electron chi connectivity index (χ2n) is 8.02. The van der Waals surface area contributed by atoms with Gasteiger partial charge in [-0.25, -0.2) is 0 Å². The quantitative estimate of drug-likeness (QED) is 0.510. The molecule has 0 radical (unpaired) electrons. The molecule has 0 aliphatic heterocycles. The molecule has 0 aliphatic rings. The highest BCUT2D eigenvalue weighted by atomic mass is 35.5. The van der Waals surface area contributed by atoms with E-state index in [1.807, 2.05) is 12.1 Å². The van der Waals surface area contributed by atoms with E-state index >= 15 is 0 Å². The SMILES string of the molecule is CCCCCC(C)(C)c1c(C)c(C)cc(-n2nc3ccc(Cl)cc3n2)c1O. The zero-order valence-electron chi connectivity index (χ0n) is 16.8. The number of aryl methyl sites for hydroxylation is 1. The van der Waals surface area contributed by atoms with Gasteiger partial charge in [-0.2, -0.15) is 0 Å². The molecule has 4 nitrogen and oxygen atoms in total. The molecule has 0 bridgehead atoms. The summed E-state index contributed by atoms with van der Waals surface area (Å²) in [5, 5.41) is 20.9. The Morgan fingerprint density at radius 3 is 2.48 bits per heavy atom. The molecule has 0 saturated heterocycles. The number of nitrogens with zero attached hydrogens (tertiary/aromatic N) is 3. The predicted octanol–water partition coefficient (Wildman–Crippen LogP) is 6.25. The molecule has 144 valence electrons. The number of halogens is 1. The van der Waals surface area contributed by atoms with Gasteiger partial charge in [-0.05, 0) is 61.1 Å². The highest BCUT2D eigenvalue weighted by Crippen LogP contribution is 2.42. The summed E-state index contributed by atoms with van der Waals surface area (Å²) in [4.78, 5) is 1.52. The van der Waals surface area contributed by atoms with Crippen LogP contribution in [0.1, 0.15) is 63.1 Å². The topological polar surface area (TPSA) is 50.9 Å². The van der Waals surface area contributed by atoms with Crippen LogP contribution < -0.4 is 0 Å². The van der Waals surface area contributed by atoms with Gasteiger partial charge in [0.15, 0.2) is 0 Å². The number of phenolic OH excluding ortho intramolecular Hbond substituents is 1. The Labute approximate surface area is 166 Å². The third-order valence-corrected chi connectivity index (χ3v) is 5.67. The molecule has 1 N–H and O–H groups in total. The third kappa shape index (κ3) is 3.81. The standard InChI is InChI=1S/C22H28ClN3O/c1-6-7-8-11-22(4,5)20-15(3)14(2)12-19(21(20)27)26-24-17-10-9-16(23)13-18(17)25-26/h9-10,12-13,27H,6-8,11H2,1-5H3. The van der Waals surface area contributed by atoms with Crippen LogP contribution in [0.15, 0.2) is 24.3 Å². The van der Waals surface area contributed by atoms with Crippen molar-refractivity contribution in [1.29, 1.82) is 0 Å². The lowest BCUT2D eigenvalue weighted by Gasteiger charge is -2.30. The number of hydrogen-bond acceptors (Lipinski definition) is 3. The predicted molar refractivity (Wildman–Crippen MR) is 112 cm³/mol. The Hall–Kier alpha value is -2.07. The van der Waals surface area contributed by atoms with E-state index in [1.165, 1.54) is 17.6 Å². The first kappa shape index (κ1) is 19.7. The van der Waals surface area contributed by atoms with E-state index < -0.39 is 0 Å². The average Bonchev–Trinajstić information content (AvgIpc) is 3.01. The maximum Gasteiger partial charge on any atom is 0.147 e. The molecule has 27 heavy (non-hydrogen) atoms. The first-order valence-corrected chi connectivity index (χ1v) is 9.99. The zero-order valence-corrected chi connectivity index (χ0v) is 17.6. The van der Waals surface area contributed by atoms with Crippen LogP contribution in [0.25, 0.3) is 16.7 Å². The van der Waals surface area contributed by atoms with E-state index in [1.54, 1.807) is 12.1 Å². The van der Waals surface area contributed by atoms with Crippen molar-refractivity contribution in [3.63, 3.8) is 0 Å². The molecule has 0 saturated carbocycles. The van der Waals surface area contributed by atoms with Gasteiger partial charge in [0.2, 0.25) is 0 Å². The van der Waals surface area contributed by atoms with E-state index in [0.29, 0.717) is 16.2 Å². The largest absolute Gasteiger partial charge is 0.505 e. The summed E-state index contributed by atoms with van der Waals surface area (Å²) in [6.45, 7) is 10.8. The van der Waals surface area contributed by atoms with Crippen LogP contribution in [-0.2, 0) is 5.41 Å². The van der Waals surface area contributed by atoms with Crippen LogP contribution >= 0.6 is 11.6 Å². The molecule has 2 aromatic carbocycles. The van der Waals surface area contributed by atoms with E-state index in [2.05, 4.69) is 44.8 Å². The molecule has 0 aliphatic carbocycles. The smallest absolute Gasteiger partial charge is 0.147 e. The van der Waals surface area contributed by atoms with Crippen molar-refractivity contribution < 1.29 is 5.11 Å². The number of benzene rings is 2. The normalized spacial score (nSPS) is 12.1. The zero-order chi connectivity index (χ0) is 19.8. The van der Waals surface area contributed by atoms with Crippen molar-refractivity contribution in [3.8, 4) is 11.4 Å². The number of unbranched alkanes of at least 4 members (excludes halogenated alkanes) is 2. The summed E-state index contributed by atoms with van der Waals surface area (Å²) in [6, 6.07) is 7.38. The van der Waals surface area contributed by atoms with Crippen LogP contribution in [0.5, 0.6) is 5.75 Å². The molecular formula is C22H28ClN3O. The van der Waals surface area contributed by atoms with Crippen LogP contribution in [-0.4, -0.2) is 20.1 Å². The molecule has 0 spiro atoms. The van der Waals surface area contributed by atoms with Crippen LogP contribution in [0.4, 0.5) is 0 Å². The Morgan fingerprint density at radius 2 is 1.78 bits per heavy atom. The van der Waals surface area contributed by atoms with Gasteiger partial charge in [0.05, 0.1) is 0 Å². The fourth-order valence-electron chi connectivity index (χ4n) is 3.80. The maximum absolute atomic E-state index is 11.2. The molecule has 5 heteroatoms. The summed E-state index contributed by atoms with van der Waals surface area (Å²) < 4.78 is 0. The third-order valence-electron chi connectivity index (χ3n) is 5.44. The molecule has 3 rings (SSSR count). The van der Waals surface area contributed by atoms with Gasteiger partial charge < -0.3 is 5.11 Å². The molecular weight excluding hydrogens is 358 g/mol. The van der Waals surface area contributed by atoms with E-state index in [-0.39, 0.29) is 11.2 Å². The van der Waals surface area contributed by atoms with Gasteiger partial charge in [0.25, 0.3) is 0 Å². The molecule has 0 amide bonds. The fraction of sp³-hybridized carbons (Fsp3) is 0.455. The van der Waals surface area contributed by atoms with Crippen LogP contribution in [0.2, 0.25) is 5.02 Å². The van der Waals surface area contributed by atoms with Gasteiger partial charge in [-0.1, -0.05) is 51.6 Å². The molecule has 1 aromatic heterocycles. The lowest BCUT2D eigenvalue weighted by atomic mass is 9.76. The Kier molecular flexibility index (Phi) is 5.48. The van der Waals surface area contributed by atoms with Crippen molar-refractivity contribution in [3.05, 3.63) is 46.0 Å². The highest BCUT2D eigenvalue weighted by Gasteiger charge is 2.29. The van der Waals surface area contributed by atoms with Gasteiger partial charge in [-0.3, -0.25) is 0 Å². The molecule has 0 unspecified atom stereocenters. The Morgan fingerprint density at radius 1 is 1.07 bits per heavy atom. The average molecular weight is 386 g/mol. The Bertz CT molecular complexity index is 975. The van der Waals surface area contributed by atoms with Gasteiger partial charge in [-0.15, -0.1) is 15.0 Å². The summed E-state index contributed by atoms with van der Waals surface area (Å²) in [5.41, 5.74) is 5.21. The van der Waals surface area contributed by atoms with E-state index in [4.69, 9.17) is 11.6 Å². The molecule has 1 heterocycles. The Balaban J connectivity index is 2.12. The second-order valence-corrected chi connectivity index (χ2v) is 8.46. The first-order valence-electron chi connectivity index (χ1n) is 9.61. The molecule has 0 atom stereocenters. The van der Waals surface area contributed by atoms with Crippen molar-refractivity contribution in [2.45, 2.75) is 65.7 Å². The number of rotatable bonds is 6. The molecule has 0 fully saturated rings. The number of aromatic nitrogens is 3. The number of aromatic hydroxyl groups is 1. The van der Waals surface area contributed by atoms with E-state index in [9.17, 15) is 5.11 Å². The second kappa shape index (κ2) is 7.51. The minimum absolute atomic E-state index is 0.125. The number of phenols is 1. The summed E-state index contributed by atoms with van der Waals surface area (Å²) in [5.74, 6) is 0.269. The van der Waals surface area contributed by atoms with Crippen LogP contribution in [0.3, 0.4) is 0 Å². The van der Waals surface area contributed by atoms with Crippen LogP contribution in [0, 0.1) is 13.8 Å². The highest BCUT2D eigenvalue weighted by molar-refractivity contribution is 6.31. The first-order chi connectivity index (χ1) is 12.7. The molecule has 3 aromatic rings. The van der Waals surface area contributed by atoms with Crippen molar-refractivity contribution in [1.82, 2.24) is 15.0 Å². The van der Waals surface area contributed by atoms with Gasteiger partial charge in [0.1, 0.15) is 22.5 Å². The summed E-state index contributed by atoms with van der Waals surface area (Å²) >= 11 is 6.07. The minimum Gasteiger partial charge on any atom is -0.505 e. The van der Waals surface area contributed by atoms with Crippen molar-refractivity contribution in [2.24, 2.45) is 0 Å². The minimum atomic E-state index is -0.125. The van der Waals surface area contributed by atoms with Crippen molar-refractivity contribution >= 4 is 22.6 Å².